The Kier molecular flexibility index (Phi) is 3.73. The highest BCUT2D eigenvalue weighted by Gasteiger charge is 2.26. The molecule has 0 radical (unpaired) electrons. The molecule has 0 atom stereocenters. The maximum Gasteiger partial charge on any atom is 0.251 e. The van der Waals surface area contributed by atoms with Crippen molar-refractivity contribution in [3.8, 4) is 6.07 Å². The van der Waals surface area contributed by atoms with Crippen molar-refractivity contribution in [3.05, 3.63) is 17.0 Å². The summed E-state index contributed by atoms with van der Waals surface area (Å²) in [6.07, 6.45) is 0.807. The SMILES string of the molecule is CCc1ccc(S(=O)(=O)NC(C)(C)C#N)s1. The number of thiophene rings is 1. The molecule has 0 bridgehead atoms. The van der Waals surface area contributed by atoms with E-state index in [0.717, 1.165) is 11.3 Å². The van der Waals surface area contributed by atoms with Crippen LogP contribution in [0.25, 0.3) is 0 Å². The lowest BCUT2D eigenvalue weighted by Gasteiger charge is -2.16. The van der Waals surface area contributed by atoms with Crippen LogP contribution in [-0.2, 0) is 16.4 Å². The van der Waals surface area contributed by atoms with Crippen LogP contribution in [0.15, 0.2) is 16.3 Å². The minimum Gasteiger partial charge on any atom is -0.206 e. The van der Waals surface area contributed by atoms with E-state index in [4.69, 9.17) is 5.26 Å². The Morgan fingerprint density at radius 2 is 2.12 bits per heavy atom. The van der Waals surface area contributed by atoms with Crippen LogP contribution in [0.2, 0.25) is 0 Å². The van der Waals surface area contributed by atoms with Gasteiger partial charge in [0.25, 0.3) is 10.0 Å². The second kappa shape index (κ2) is 4.53. The van der Waals surface area contributed by atoms with Crippen molar-refractivity contribution in [2.75, 3.05) is 0 Å². The van der Waals surface area contributed by atoms with Gasteiger partial charge in [-0.25, -0.2) is 8.42 Å². The lowest BCUT2D eigenvalue weighted by atomic mass is 10.1. The Bertz CT molecular complexity index is 509. The number of rotatable bonds is 4. The number of hydrogen-bond donors (Lipinski definition) is 1. The molecule has 16 heavy (non-hydrogen) atoms. The summed E-state index contributed by atoms with van der Waals surface area (Å²) < 4.78 is 26.4. The van der Waals surface area contributed by atoms with Crippen LogP contribution in [0.3, 0.4) is 0 Å². The van der Waals surface area contributed by atoms with E-state index in [0.29, 0.717) is 0 Å². The van der Waals surface area contributed by atoms with Gasteiger partial charge in [0.2, 0.25) is 0 Å². The van der Waals surface area contributed by atoms with Crippen molar-refractivity contribution in [2.45, 2.75) is 36.9 Å². The van der Waals surface area contributed by atoms with Crippen LogP contribution in [0.5, 0.6) is 0 Å². The maximum atomic E-state index is 11.9. The van der Waals surface area contributed by atoms with E-state index < -0.39 is 15.6 Å². The first kappa shape index (κ1) is 13.2. The van der Waals surface area contributed by atoms with Gasteiger partial charge in [-0.1, -0.05) is 6.92 Å². The molecule has 0 spiro atoms. The molecule has 0 unspecified atom stereocenters. The molecule has 88 valence electrons. The lowest BCUT2D eigenvalue weighted by Crippen LogP contribution is -2.41. The fourth-order valence-electron chi connectivity index (χ4n) is 1.10. The van der Waals surface area contributed by atoms with E-state index in [1.54, 1.807) is 12.1 Å². The number of nitriles is 1. The highest BCUT2D eigenvalue weighted by molar-refractivity contribution is 7.91. The van der Waals surface area contributed by atoms with Crippen molar-refractivity contribution in [3.63, 3.8) is 0 Å². The molecule has 0 aromatic carbocycles. The quantitative estimate of drug-likeness (QED) is 0.896. The summed E-state index contributed by atoms with van der Waals surface area (Å²) in [4.78, 5) is 1.01. The number of hydrogen-bond acceptors (Lipinski definition) is 4. The van der Waals surface area contributed by atoms with Gasteiger partial charge >= 0.3 is 0 Å². The van der Waals surface area contributed by atoms with Crippen molar-refractivity contribution in [1.82, 2.24) is 4.72 Å². The van der Waals surface area contributed by atoms with Gasteiger partial charge in [-0.15, -0.1) is 11.3 Å². The number of aryl methyl sites for hydroxylation is 1. The van der Waals surface area contributed by atoms with E-state index in [1.165, 1.54) is 25.2 Å². The molecule has 0 aliphatic rings. The fourth-order valence-corrected chi connectivity index (χ4v) is 3.73. The lowest BCUT2D eigenvalue weighted by molar-refractivity contribution is 0.537. The summed E-state index contributed by atoms with van der Waals surface area (Å²) in [5.74, 6) is 0. The van der Waals surface area contributed by atoms with Crippen molar-refractivity contribution < 1.29 is 8.42 Å². The van der Waals surface area contributed by atoms with E-state index in [2.05, 4.69) is 4.72 Å². The normalized spacial score (nSPS) is 12.4. The topological polar surface area (TPSA) is 70.0 Å². The maximum absolute atomic E-state index is 11.9. The number of sulfonamides is 1. The molecule has 0 fully saturated rings. The Morgan fingerprint density at radius 3 is 2.56 bits per heavy atom. The molecule has 0 saturated carbocycles. The predicted octanol–water partition coefficient (Wildman–Crippen LogP) is 1.89. The van der Waals surface area contributed by atoms with Gasteiger partial charge in [0.05, 0.1) is 6.07 Å². The molecule has 0 aliphatic carbocycles. The molecule has 1 N–H and O–H groups in total. The Morgan fingerprint density at radius 1 is 1.50 bits per heavy atom. The van der Waals surface area contributed by atoms with E-state index in [9.17, 15) is 8.42 Å². The predicted molar refractivity (Wildman–Crippen MR) is 63.7 cm³/mol. The van der Waals surface area contributed by atoms with Gasteiger partial charge in [0.15, 0.2) is 0 Å². The molecule has 1 heterocycles. The zero-order valence-corrected chi connectivity index (χ0v) is 11.1. The van der Waals surface area contributed by atoms with Gasteiger partial charge in [-0.2, -0.15) is 9.98 Å². The minimum atomic E-state index is -3.57. The molecule has 0 saturated heterocycles. The first-order valence-electron chi connectivity index (χ1n) is 4.84. The first-order chi connectivity index (χ1) is 7.30. The molecular weight excluding hydrogens is 244 g/mol. The third-order valence-corrected chi connectivity index (χ3v) is 5.30. The van der Waals surface area contributed by atoms with Gasteiger partial charge in [0, 0.05) is 4.88 Å². The highest BCUT2D eigenvalue weighted by atomic mass is 32.2. The van der Waals surface area contributed by atoms with Gasteiger partial charge in [-0.3, -0.25) is 0 Å². The average molecular weight is 258 g/mol. The summed E-state index contributed by atoms with van der Waals surface area (Å²) in [6.45, 7) is 5.02. The van der Waals surface area contributed by atoms with E-state index >= 15 is 0 Å². The van der Waals surface area contributed by atoms with Gasteiger partial charge in [0.1, 0.15) is 9.75 Å². The molecule has 1 aromatic heterocycles. The summed E-state index contributed by atoms with van der Waals surface area (Å²) in [6, 6.07) is 5.26. The third-order valence-electron chi connectivity index (χ3n) is 1.92. The first-order valence-corrected chi connectivity index (χ1v) is 7.14. The van der Waals surface area contributed by atoms with Gasteiger partial charge < -0.3 is 0 Å². The van der Waals surface area contributed by atoms with Crippen LogP contribution >= 0.6 is 11.3 Å². The van der Waals surface area contributed by atoms with Crippen LogP contribution in [0, 0.1) is 11.3 Å². The number of nitrogens with one attached hydrogen (secondary N) is 1. The van der Waals surface area contributed by atoms with Crippen LogP contribution in [0.1, 0.15) is 25.6 Å². The molecule has 1 rings (SSSR count). The summed E-state index contributed by atoms with van der Waals surface area (Å²) in [5.41, 5.74) is -1.09. The van der Waals surface area contributed by atoms with Crippen molar-refractivity contribution in [1.29, 1.82) is 5.26 Å². The van der Waals surface area contributed by atoms with Crippen LogP contribution < -0.4 is 4.72 Å². The summed E-state index contributed by atoms with van der Waals surface area (Å²) in [7, 11) is -3.57. The standard InChI is InChI=1S/C10H14N2O2S2/c1-4-8-5-6-9(15-8)16(13,14)12-10(2,3)7-11/h5-6,12H,4H2,1-3H3. The minimum absolute atomic E-state index is 0.257. The van der Waals surface area contributed by atoms with Crippen LogP contribution in [0.4, 0.5) is 0 Å². The van der Waals surface area contributed by atoms with Crippen molar-refractivity contribution in [2.24, 2.45) is 0 Å². The fraction of sp³-hybridized carbons (Fsp3) is 0.500. The Labute approximate surface area is 100.0 Å². The van der Waals surface area contributed by atoms with E-state index in [1.807, 2.05) is 13.0 Å². The molecular formula is C10H14N2O2S2. The zero-order chi connectivity index (χ0) is 12.4. The molecule has 0 aliphatic heterocycles. The third kappa shape index (κ3) is 3.04. The summed E-state index contributed by atoms with van der Waals surface area (Å²) in [5, 5.41) is 8.78. The summed E-state index contributed by atoms with van der Waals surface area (Å²) >= 11 is 1.23. The highest BCUT2D eigenvalue weighted by Crippen LogP contribution is 2.22. The Hall–Kier alpha value is -0.900. The molecule has 4 nitrogen and oxygen atoms in total. The number of nitrogens with zero attached hydrogens (tertiary/aromatic N) is 1. The molecule has 0 amide bonds. The monoisotopic (exact) mass is 258 g/mol. The second-order valence-electron chi connectivity index (χ2n) is 3.92. The molecule has 6 heteroatoms. The Balaban J connectivity index is 3.00. The van der Waals surface area contributed by atoms with Crippen molar-refractivity contribution >= 4 is 21.4 Å². The smallest absolute Gasteiger partial charge is 0.206 e. The van der Waals surface area contributed by atoms with Gasteiger partial charge in [-0.05, 0) is 32.4 Å². The molecule has 1 aromatic rings. The van der Waals surface area contributed by atoms with Crippen LogP contribution in [-0.4, -0.2) is 14.0 Å². The second-order valence-corrected chi connectivity index (χ2v) is 6.99. The largest absolute Gasteiger partial charge is 0.251 e. The average Bonchev–Trinajstić information content (AvgIpc) is 2.65. The zero-order valence-electron chi connectivity index (χ0n) is 9.44. The van der Waals surface area contributed by atoms with E-state index in [-0.39, 0.29) is 4.21 Å².